The number of aromatic nitrogens is 6. The van der Waals surface area contributed by atoms with Gasteiger partial charge in [-0.3, -0.25) is 4.79 Å². The van der Waals surface area contributed by atoms with E-state index in [-0.39, 0.29) is 5.91 Å². The first-order chi connectivity index (χ1) is 14.4. The van der Waals surface area contributed by atoms with E-state index in [9.17, 15) is 4.79 Å². The molecule has 8 nitrogen and oxygen atoms in total. The smallest absolute Gasteiger partial charge is 0.224 e. The largest absolute Gasteiger partial charge is 0.326 e. The van der Waals surface area contributed by atoms with Gasteiger partial charge in [0, 0.05) is 17.8 Å². The van der Waals surface area contributed by atoms with Gasteiger partial charge in [-0.15, -0.1) is 15.3 Å². The SMILES string of the molecule is Cc1nn(-c2ccc3nncn3n2)c(C)c1CCC(=O)Nc1ccc(C(C)C)cc1. The summed E-state index contributed by atoms with van der Waals surface area (Å²) >= 11 is 0. The molecule has 1 N–H and O–H groups in total. The third kappa shape index (κ3) is 3.94. The van der Waals surface area contributed by atoms with Crippen LogP contribution >= 0.6 is 0 Å². The number of rotatable bonds is 6. The number of nitrogens with one attached hydrogen (secondary N) is 1. The van der Waals surface area contributed by atoms with Crippen molar-refractivity contribution in [2.75, 3.05) is 5.32 Å². The fourth-order valence-corrected chi connectivity index (χ4v) is 3.50. The molecule has 0 aliphatic rings. The van der Waals surface area contributed by atoms with Crippen molar-refractivity contribution in [3.05, 3.63) is 65.2 Å². The predicted octanol–water partition coefficient (Wildman–Crippen LogP) is 3.62. The molecular weight excluding hydrogens is 378 g/mol. The second kappa shape index (κ2) is 8.06. The minimum absolute atomic E-state index is 0.0112. The molecule has 1 amide bonds. The maximum absolute atomic E-state index is 12.5. The number of fused-ring (bicyclic) bond motifs is 1. The lowest BCUT2D eigenvalue weighted by Gasteiger charge is -2.09. The number of carbonyl (C=O) groups excluding carboxylic acids is 1. The molecule has 0 spiro atoms. The summed E-state index contributed by atoms with van der Waals surface area (Å²) in [5.74, 6) is 1.14. The van der Waals surface area contributed by atoms with Crippen molar-refractivity contribution in [2.45, 2.75) is 46.5 Å². The monoisotopic (exact) mass is 403 g/mol. The summed E-state index contributed by atoms with van der Waals surface area (Å²) < 4.78 is 3.41. The Balaban J connectivity index is 1.45. The van der Waals surface area contributed by atoms with E-state index in [2.05, 4.69) is 51.7 Å². The fourth-order valence-electron chi connectivity index (χ4n) is 3.50. The van der Waals surface area contributed by atoms with Gasteiger partial charge in [0.15, 0.2) is 11.5 Å². The van der Waals surface area contributed by atoms with Gasteiger partial charge in [0.25, 0.3) is 0 Å². The number of benzene rings is 1. The molecule has 0 saturated carbocycles. The van der Waals surface area contributed by atoms with Crippen LogP contribution in [0.25, 0.3) is 11.5 Å². The summed E-state index contributed by atoms with van der Waals surface area (Å²) in [4.78, 5) is 12.5. The minimum atomic E-state index is -0.0112. The molecule has 3 heterocycles. The quantitative estimate of drug-likeness (QED) is 0.531. The lowest BCUT2D eigenvalue weighted by Crippen LogP contribution is -2.13. The van der Waals surface area contributed by atoms with Crippen LogP contribution in [0, 0.1) is 13.8 Å². The van der Waals surface area contributed by atoms with Crippen molar-refractivity contribution < 1.29 is 4.79 Å². The van der Waals surface area contributed by atoms with Crippen LogP contribution in [-0.4, -0.2) is 35.5 Å². The van der Waals surface area contributed by atoms with Crippen LogP contribution in [0.4, 0.5) is 5.69 Å². The number of nitrogens with zero attached hydrogens (tertiary/aromatic N) is 6. The maximum Gasteiger partial charge on any atom is 0.224 e. The molecule has 0 aliphatic carbocycles. The average molecular weight is 403 g/mol. The standard InChI is InChI=1S/C22H25N7O/c1-14(2)17-5-7-18(8-6-17)24-22(30)12-9-19-15(3)26-29(16(19)4)21-11-10-20-25-23-13-28(20)27-21/h5-8,10-11,13-14H,9,12H2,1-4H3,(H,24,30). The summed E-state index contributed by atoms with van der Waals surface area (Å²) in [5.41, 5.74) is 5.68. The summed E-state index contributed by atoms with van der Waals surface area (Å²) in [7, 11) is 0. The van der Waals surface area contributed by atoms with Crippen molar-refractivity contribution in [3.63, 3.8) is 0 Å². The number of aryl methyl sites for hydroxylation is 1. The molecule has 154 valence electrons. The van der Waals surface area contributed by atoms with Gasteiger partial charge < -0.3 is 5.32 Å². The van der Waals surface area contributed by atoms with Crippen molar-refractivity contribution >= 4 is 17.2 Å². The first-order valence-corrected chi connectivity index (χ1v) is 10.0. The van der Waals surface area contributed by atoms with Gasteiger partial charge in [0.05, 0.1) is 5.69 Å². The predicted molar refractivity (Wildman–Crippen MR) is 115 cm³/mol. The average Bonchev–Trinajstić information content (AvgIpc) is 3.30. The zero-order chi connectivity index (χ0) is 21.3. The topological polar surface area (TPSA) is 90.0 Å². The molecule has 0 radical (unpaired) electrons. The number of anilines is 1. The molecule has 8 heteroatoms. The Bertz CT molecular complexity index is 1190. The van der Waals surface area contributed by atoms with Crippen molar-refractivity contribution in [3.8, 4) is 5.82 Å². The molecule has 1 aromatic carbocycles. The second-order valence-electron chi connectivity index (χ2n) is 7.71. The van der Waals surface area contributed by atoms with Crippen LogP contribution in [0.2, 0.25) is 0 Å². The lowest BCUT2D eigenvalue weighted by molar-refractivity contribution is -0.116. The van der Waals surface area contributed by atoms with E-state index in [1.807, 2.05) is 38.1 Å². The first-order valence-electron chi connectivity index (χ1n) is 10.0. The molecular formula is C22H25N7O. The highest BCUT2D eigenvalue weighted by Crippen LogP contribution is 2.20. The van der Waals surface area contributed by atoms with E-state index in [0.29, 0.717) is 30.2 Å². The van der Waals surface area contributed by atoms with Crippen LogP contribution in [0.3, 0.4) is 0 Å². The molecule has 0 bridgehead atoms. The maximum atomic E-state index is 12.5. The van der Waals surface area contributed by atoms with E-state index < -0.39 is 0 Å². The van der Waals surface area contributed by atoms with Crippen molar-refractivity contribution in [1.29, 1.82) is 0 Å². The second-order valence-corrected chi connectivity index (χ2v) is 7.71. The van der Waals surface area contributed by atoms with E-state index in [1.165, 1.54) is 5.56 Å². The van der Waals surface area contributed by atoms with Crippen LogP contribution in [-0.2, 0) is 11.2 Å². The van der Waals surface area contributed by atoms with Gasteiger partial charge >= 0.3 is 0 Å². The van der Waals surface area contributed by atoms with Crippen LogP contribution in [0.15, 0.2) is 42.7 Å². The molecule has 0 atom stereocenters. The summed E-state index contributed by atoms with van der Waals surface area (Å²) in [6, 6.07) is 11.7. The number of amides is 1. The number of hydrogen-bond donors (Lipinski definition) is 1. The van der Waals surface area contributed by atoms with Crippen LogP contribution in [0.5, 0.6) is 0 Å². The summed E-state index contributed by atoms with van der Waals surface area (Å²) in [6.45, 7) is 8.26. The van der Waals surface area contributed by atoms with Gasteiger partial charge in [-0.25, -0.2) is 4.68 Å². The molecule has 0 fully saturated rings. The highest BCUT2D eigenvalue weighted by atomic mass is 16.1. The molecule has 30 heavy (non-hydrogen) atoms. The minimum Gasteiger partial charge on any atom is -0.326 e. The van der Waals surface area contributed by atoms with Crippen molar-refractivity contribution in [1.82, 2.24) is 29.6 Å². The van der Waals surface area contributed by atoms with E-state index in [1.54, 1.807) is 15.5 Å². The van der Waals surface area contributed by atoms with E-state index in [4.69, 9.17) is 0 Å². The highest BCUT2D eigenvalue weighted by Gasteiger charge is 2.15. The zero-order valence-electron chi connectivity index (χ0n) is 17.6. The summed E-state index contributed by atoms with van der Waals surface area (Å²) in [6.07, 6.45) is 2.56. The normalized spacial score (nSPS) is 11.4. The van der Waals surface area contributed by atoms with Gasteiger partial charge in [-0.2, -0.15) is 9.61 Å². The third-order valence-corrected chi connectivity index (χ3v) is 5.27. The third-order valence-electron chi connectivity index (χ3n) is 5.27. The fraction of sp³-hybridized carbons (Fsp3) is 0.318. The Labute approximate surface area is 174 Å². The highest BCUT2D eigenvalue weighted by molar-refractivity contribution is 5.90. The Hall–Kier alpha value is -3.55. The van der Waals surface area contributed by atoms with Crippen LogP contribution < -0.4 is 5.32 Å². The van der Waals surface area contributed by atoms with E-state index >= 15 is 0 Å². The summed E-state index contributed by atoms with van der Waals surface area (Å²) in [5, 5.41) is 19.9. The Morgan fingerprint density at radius 2 is 1.83 bits per heavy atom. The van der Waals surface area contributed by atoms with Gasteiger partial charge in [0.1, 0.15) is 6.33 Å². The Morgan fingerprint density at radius 1 is 1.07 bits per heavy atom. The number of hydrogen-bond acceptors (Lipinski definition) is 5. The van der Waals surface area contributed by atoms with Gasteiger partial charge in [0.2, 0.25) is 5.91 Å². The molecule has 4 aromatic rings. The molecule has 4 rings (SSSR count). The molecule has 3 aromatic heterocycles. The first kappa shape index (κ1) is 19.8. The van der Waals surface area contributed by atoms with Gasteiger partial charge in [-0.05, 0) is 61.6 Å². The molecule has 0 unspecified atom stereocenters. The Kier molecular flexibility index (Phi) is 5.31. The van der Waals surface area contributed by atoms with Gasteiger partial charge in [-0.1, -0.05) is 26.0 Å². The van der Waals surface area contributed by atoms with Crippen LogP contribution in [0.1, 0.15) is 48.7 Å². The number of carbonyl (C=O) groups is 1. The zero-order valence-corrected chi connectivity index (χ0v) is 17.6. The lowest BCUT2D eigenvalue weighted by atomic mass is 10.0. The van der Waals surface area contributed by atoms with Crippen molar-refractivity contribution in [2.24, 2.45) is 0 Å². The molecule has 0 aliphatic heterocycles. The molecule has 0 saturated heterocycles. The van der Waals surface area contributed by atoms with E-state index in [0.717, 1.165) is 22.6 Å². The Morgan fingerprint density at radius 3 is 2.57 bits per heavy atom.